The highest BCUT2D eigenvalue weighted by Crippen LogP contribution is 2.36. The normalized spacial score (nSPS) is 11.7. The zero-order valence-electron chi connectivity index (χ0n) is 14.2. The lowest BCUT2D eigenvalue weighted by Gasteiger charge is -2.07. The maximum Gasteiger partial charge on any atom is 0.167 e. The molecule has 1 aromatic carbocycles. The average molecular weight is 357 g/mol. The highest BCUT2D eigenvalue weighted by Gasteiger charge is 2.11. The highest BCUT2D eigenvalue weighted by molar-refractivity contribution is 7.20. The molecule has 3 rings (SSSR count). The van der Waals surface area contributed by atoms with E-state index >= 15 is 0 Å². The van der Waals surface area contributed by atoms with Gasteiger partial charge in [-0.15, -0.1) is 11.3 Å². The van der Waals surface area contributed by atoms with E-state index in [1.807, 2.05) is 6.07 Å². The Hall–Kier alpha value is -2.44. The SMILES string of the molecule is CN(C)CC/C=C\c1cc2nccc(Oc3ccc(N)cc3F)c2s1. The first-order valence-electron chi connectivity index (χ1n) is 7.95. The molecule has 0 aliphatic carbocycles. The fourth-order valence-corrected chi connectivity index (χ4v) is 3.34. The predicted octanol–water partition coefficient (Wildman–Crippen LogP) is 4.77. The Morgan fingerprint density at radius 2 is 2.08 bits per heavy atom. The largest absolute Gasteiger partial charge is 0.453 e. The minimum absolute atomic E-state index is 0.151. The standard InChI is InChI=1S/C19H20FN3OS/c1-23(2)10-4-3-5-14-12-16-19(25-14)18(8-9-22-16)24-17-7-6-13(21)11-15(17)20/h3,5-9,11-12H,4,10,21H2,1-2H3/b5-3-. The van der Waals surface area contributed by atoms with Crippen molar-refractivity contribution in [3.8, 4) is 11.5 Å². The minimum Gasteiger partial charge on any atom is -0.453 e. The summed E-state index contributed by atoms with van der Waals surface area (Å²) >= 11 is 1.58. The van der Waals surface area contributed by atoms with Crippen LogP contribution in [0, 0.1) is 5.82 Å². The van der Waals surface area contributed by atoms with E-state index in [0.29, 0.717) is 11.4 Å². The van der Waals surface area contributed by atoms with Crippen LogP contribution in [0.15, 0.2) is 42.6 Å². The zero-order chi connectivity index (χ0) is 17.8. The third-order valence-electron chi connectivity index (χ3n) is 3.60. The summed E-state index contributed by atoms with van der Waals surface area (Å²) in [6.07, 6.45) is 6.88. The summed E-state index contributed by atoms with van der Waals surface area (Å²) < 4.78 is 20.6. The molecular weight excluding hydrogens is 337 g/mol. The second-order valence-corrected chi connectivity index (χ2v) is 7.04. The first kappa shape index (κ1) is 17.4. The number of nitrogens with zero attached hydrogens (tertiary/aromatic N) is 2. The molecule has 130 valence electrons. The van der Waals surface area contributed by atoms with Gasteiger partial charge in [0.2, 0.25) is 0 Å². The number of benzene rings is 1. The van der Waals surface area contributed by atoms with E-state index in [1.165, 1.54) is 12.1 Å². The quantitative estimate of drug-likeness (QED) is 0.645. The number of nitrogen functional groups attached to an aromatic ring is 1. The van der Waals surface area contributed by atoms with Crippen LogP contribution in [0.2, 0.25) is 0 Å². The number of halogens is 1. The molecular formula is C19H20FN3OS. The van der Waals surface area contributed by atoms with Crippen molar-refractivity contribution in [1.29, 1.82) is 0 Å². The van der Waals surface area contributed by atoms with Gasteiger partial charge < -0.3 is 15.4 Å². The molecule has 3 aromatic rings. The van der Waals surface area contributed by atoms with E-state index in [2.05, 4.69) is 36.1 Å². The molecule has 0 unspecified atom stereocenters. The zero-order valence-corrected chi connectivity index (χ0v) is 15.0. The Labute approximate surface area is 150 Å². The van der Waals surface area contributed by atoms with Gasteiger partial charge in [-0.2, -0.15) is 0 Å². The van der Waals surface area contributed by atoms with Crippen molar-refractivity contribution in [2.75, 3.05) is 26.4 Å². The van der Waals surface area contributed by atoms with E-state index in [0.717, 1.165) is 28.1 Å². The summed E-state index contributed by atoms with van der Waals surface area (Å²) in [5.74, 6) is 0.259. The Balaban J connectivity index is 1.84. The van der Waals surface area contributed by atoms with E-state index in [9.17, 15) is 4.39 Å². The van der Waals surface area contributed by atoms with Crippen LogP contribution >= 0.6 is 11.3 Å². The van der Waals surface area contributed by atoms with Crippen LogP contribution in [-0.2, 0) is 0 Å². The molecule has 0 aliphatic rings. The van der Waals surface area contributed by atoms with Gasteiger partial charge in [-0.1, -0.05) is 6.08 Å². The first-order valence-corrected chi connectivity index (χ1v) is 8.77. The number of rotatable bonds is 6. The lowest BCUT2D eigenvalue weighted by atomic mass is 10.3. The fourth-order valence-electron chi connectivity index (χ4n) is 2.35. The molecule has 0 saturated carbocycles. The molecule has 0 bridgehead atoms. The summed E-state index contributed by atoms with van der Waals surface area (Å²) in [5, 5.41) is 0. The van der Waals surface area contributed by atoms with Gasteiger partial charge in [-0.05, 0) is 44.8 Å². The summed E-state index contributed by atoms with van der Waals surface area (Å²) in [6, 6.07) is 8.16. The molecule has 25 heavy (non-hydrogen) atoms. The Morgan fingerprint density at radius 1 is 1.24 bits per heavy atom. The third kappa shape index (κ3) is 4.35. The average Bonchev–Trinajstić information content (AvgIpc) is 2.98. The number of nitrogens with two attached hydrogens (primary N) is 1. The van der Waals surface area contributed by atoms with Gasteiger partial charge in [0.15, 0.2) is 11.6 Å². The Morgan fingerprint density at radius 3 is 2.84 bits per heavy atom. The van der Waals surface area contributed by atoms with E-state index in [-0.39, 0.29) is 5.75 Å². The van der Waals surface area contributed by atoms with Gasteiger partial charge in [0.1, 0.15) is 5.75 Å². The Bertz CT molecular complexity index is 905. The van der Waals surface area contributed by atoms with Gasteiger partial charge in [-0.3, -0.25) is 4.98 Å². The molecule has 2 heterocycles. The molecule has 0 spiro atoms. The van der Waals surface area contributed by atoms with Crippen LogP contribution in [0.4, 0.5) is 10.1 Å². The monoisotopic (exact) mass is 357 g/mol. The summed E-state index contributed by atoms with van der Waals surface area (Å²) in [6.45, 7) is 1.00. The van der Waals surface area contributed by atoms with Crippen LogP contribution in [0.25, 0.3) is 16.3 Å². The van der Waals surface area contributed by atoms with Gasteiger partial charge in [0.25, 0.3) is 0 Å². The van der Waals surface area contributed by atoms with Crippen molar-refractivity contribution >= 4 is 33.3 Å². The smallest absolute Gasteiger partial charge is 0.167 e. The van der Waals surface area contributed by atoms with Crippen molar-refractivity contribution in [3.63, 3.8) is 0 Å². The first-order chi connectivity index (χ1) is 12.0. The van der Waals surface area contributed by atoms with Crippen molar-refractivity contribution in [3.05, 3.63) is 53.3 Å². The van der Waals surface area contributed by atoms with Crippen LogP contribution in [0.1, 0.15) is 11.3 Å². The van der Waals surface area contributed by atoms with Crippen molar-refractivity contribution in [1.82, 2.24) is 9.88 Å². The van der Waals surface area contributed by atoms with Crippen LogP contribution in [-0.4, -0.2) is 30.5 Å². The highest BCUT2D eigenvalue weighted by atomic mass is 32.1. The molecule has 2 N–H and O–H groups in total. The Kier molecular flexibility index (Phi) is 5.31. The van der Waals surface area contributed by atoms with Gasteiger partial charge >= 0.3 is 0 Å². The number of ether oxygens (including phenoxy) is 1. The number of pyridine rings is 1. The molecule has 2 aromatic heterocycles. The van der Waals surface area contributed by atoms with Crippen molar-refractivity contribution < 1.29 is 9.13 Å². The molecule has 0 saturated heterocycles. The summed E-state index contributed by atoms with van der Waals surface area (Å²) in [5.41, 5.74) is 6.78. The van der Waals surface area contributed by atoms with E-state index in [4.69, 9.17) is 10.5 Å². The topological polar surface area (TPSA) is 51.4 Å². The summed E-state index contributed by atoms with van der Waals surface area (Å²) in [7, 11) is 4.11. The second kappa shape index (κ2) is 7.63. The lowest BCUT2D eigenvalue weighted by Crippen LogP contribution is -2.11. The molecule has 0 atom stereocenters. The van der Waals surface area contributed by atoms with E-state index < -0.39 is 5.82 Å². The number of thiophene rings is 1. The molecule has 0 radical (unpaired) electrons. The predicted molar refractivity (Wildman–Crippen MR) is 103 cm³/mol. The summed E-state index contributed by atoms with van der Waals surface area (Å²) in [4.78, 5) is 7.61. The number of fused-ring (bicyclic) bond motifs is 1. The third-order valence-corrected chi connectivity index (χ3v) is 4.70. The molecule has 4 nitrogen and oxygen atoms in total. The van der Waals surface area contributed by atoms with Crippen LogP contribution in [0.5, 0.6) is 11.5 Å². The maximum atomic E-state index is 14.0. The number of hydrogen-bond acceptors (Lipinski definition) is 5. The van der Waals surface area contributed by atoms with Crippen LogP contribution < -0.4 is 10.5 Å². The second-order valence-electron chi connectivity index (χ2n) is 5.96. The number of hydrogen-bond donors (Lipinski definition) is 1. The van der Waals surface area contributed by atoms with Crippen LogP contribution in [0.3, 0.4) is 0 Å². The fraction of sp³-hybridized carbons (Fsp3) is 0.211. The lowest BCUT2D eigenvalue weighted by molar-refractivity contribution is 0.417. The van der Waals surface area contributed by atoms with Gasteiger partial charge in [-0.25, -0.2) is 4.39 Å². The van der Waals surface area contributed by atoms with E-state index in [1.54, 1.807) is 29.7 Å². The minimum atomic E-state index is -0.481. The molecule has 6 heteroatoms. The number of aromatic nitrogens is 1. The maximum absolute atomic E-state index is 14.0. The molecule has 0 aliphatic heterocycles. The molecule has 0 amide bonds. The molecule has 0 fully saturated rings. The van der Waals surface area contributed by atoms with Gasteiger partial charge in [0, 0.05) is 35.4 Å². The van der Waals surface area contributed by atoms with Crippen molar-refractivity contribution in [2.24, 2.45) is 0 Å². The van der Waals surface area contributed by atoms with Gasteiger partial charge in [0.05, 0.1) is 10.2 Å². The van der Waals surface area contributed by atoms with Crippen molar-refractivity contribution in [2.45, 2.75) is 6.42 Å². The number of anilines is 1.